The van der Waals surface area contributed by atoms with E-state index in [1.54, 1.807) is 0 Å². The van der Waals surface area contributed by atoms with Crippen molar-refractivity contribution in [3.05, 3.63) is 46.0 Å². The molecule has 1 aliphatic rings. The van der Waals surface area contributed by atoms with Crippen molar-refractivity contribution < 1.29 is 0 Å². The molecule has 0 atom stereocenters. The third kappa shape index (κ3) is 1.58. The summed E-state index contributed by atoms with van der Waals surface area (Å²) in [4.78, 5) is 4.61. The lowest BCUT2D eigenvalue weighted by atomic mass is 9.86. The van der Waals surface area contributed by atoms with E-state index in [0.717, 1.165) is 13.0 Å². The second kappa shape index (κ2) is 3.94. The van der Waals surface area contributed by atoms with Crippen LogP contribution in [-0.4, -0.2) is 5.71 Å². The maximum absolute atomic E-state index is 4.61. The van der Waals surface area contributed by atoms with Gasteiger partial charge in [-0.15, -0.1) is 0 Å². The Hall–Kier alpha value is -1.63. The van der Waals surface area contributed by atoms with E-state index in [4.69, 9.17) is 0 Å². The molecule has 0 spiro atoms. The lowest BCUT2D eigenvalue weighted by molar-refractivity contribution is 0.964. The third-order valence-corrected chi connectivity index (χ3v) is 4.19. The van der Waals surface area contributed by atoms with Crippen LogP contribution in [0.2, 0.25) is 0 Å². The van der Waals surface area contributed by atoms with Crippen LogP contribution < -0.4 is 0 Å². The molecule has 92 valence electrons. The summed E-state index contributed by atoms with van der Waals surface area (Å²) in [6, 6.07) is 6.79. The van der Waals surface area contributed by atoms with Crippen LogP contribution in [-0.2, 0) is 13.0 Å². The van der Waals surface area contributed by atoms with Crippen molar-refractivity contribution in [3.8, 4) is 0 Å². The van der Waals surface area contributed by atoms with Gasteiger partial charge in [-0.3, -0.25) is 4.99 Å². The molecule has 3 rings (SSSR count). The Kier molecular flexibility index (Phi) is 2.51. The fourth-order valence-electron chi connectivity index (χ4n) is 3.05. The molecule has 0 saturated heterocycles. The largest absolute Gasteiger partial charge is 0.289 e. The zero-order chi connectivity index (χ0) is 12.9. The molecule has 2 aromatic rings. The molecular formula is C17H19N. The summed E-state index contributed by atoms with van der Waals surface area (Å²) in [5, 5.41) is 2.81. The average molecular weight is 237 g/mol. The van der Waals surface area contributed by atoms with Gasteiger partial charge >= 0.3 is 0 Å². The number of hydrogen-bond acceptors (Lipinski definition) is 1. The van der Waals surface area contributed by atoms with Crippen LogP contribution in [0.5, 0.6) is 0 Å². The lowest BCUT2D eigenvalue weighted by Crippen LogP contribution is -2.12. The number of fused-ring (bicyclic) bond motifs is 2. The SMILES string of the molecule is CC1=NCc2c(c(C)c3cc(C)ccc3c2C)C1. The normalized spacial score (nSPS) is 14.6. The minimum absolute atomic E-state index is 0.859. The molecule has 1 aliphatic heterocycles. The van der Waals surface area contributed by atoms with Gasteiger partial charge in [-0.1, -0.05) is 23.8 Å². The molecule has 0 radical (unpaired) electrons. The van der Waals surface area contributed by atoms with E-state index in [-0.39, 0.29) is 0 Å². The average Bonchev–Trinajstić information content (AvgIpc) is 2.35. The van der Waals surface area contributed by atoms with Crippen LogP contribution in [0.25, 0.3) is 10.8 Å². The monoisotopic (exact) mass is 237 g/mol. The summed E-state index contributed by atoms with van der Waals surface area (Å²) in [7, 11) is 0. The van der Waals surface area contributed by atoms with E-state index in [0.29, 0.717) is 0 Å². The van der Waals surface area contributed by atoms with Crippen LogP contribution >= 0.6 is 0 Å². The molecule has 0 bridgehead atoms. The van der Waals surface area contributed by atoms with Crippen LogP contribution in [0.1, 0.15) is 34.7 Å². The Morgan fingerprint density at radius 2 is 1.61 bits per heavy atom. The molecule has 0 aliphatic carbocycles. The first-order valence-electron chi connectivity index (χ1n) is 6.59. The molecule has 1 heterocycles. The summed E-state index contributed by atoms with van der Waals surface area (Å²) in [6.07, 6.45) is 1.02. The van der Waals surface area contributed by atoms with Gasteiger partial charge in [-0.05, 0) is 60.7 Å². The van der Waals surface area contributed by atoms with E-state index >= 15 is 0 Å². The summed E-state index contributed by atoms with van der Waals surface area (Å²) in [6.45, 7) is 9.67. The predicted octanol–water partition coefficient (Wildman–Crippen LogP) is 4.28. The van der Waals surface area contributed by atoms with E-state index in [1.807, 2.05) is 0 Å². The topological polar surface area (TPSA) is 12.4 Å². The Balaban J connectivity index is 2.40. The van der Waals surface area contributed by atoms with E-state index in [9.17, 15) is 0 Å². The number of aryl methyl sites for hydroxylation is 3. The number of rotatable bonds is 0. The van der Waals surface area contributed by atoms with Gasteiger partial charge in [0.05, 0.1) is 6.54 Å². The Morgan fingerprint density at radius 3 is 2.39 bits per heavy atom. The van der Waals surface area contributed by atoms with Gasteiger partial charge in [0.25, 0.3) is 0 Å². The number of hydrogen-bond donors (Lipinski definition) is 0. The summed E-state index contributed by atoms with van der Waals surface area (Å²) in [5.74, 6) is 0. The standard InChI is InChI=1S/C17H19N/c1-10-5-6-14-12(3)17-9-18-11(2)8-16(17)13(4)15(14)7-10/h5-7H,8-9H2,1-4H3. The van der Waals surface area contributed by atoms with Crippen molar-refractivity contribution in [2.45, 2.75) is 40.7 Å². The molecule has 2 aromatic carbocycles. The minimum atomic E-state index is 0.859. The van der Waals surface area contributed by atoms with Gasteiger partial charge in [0, 0.05) is 12.1 Å². The van der Waals surface area contributed by atoms with E-state index in [1.165, 1.54) is 44.3 Å². The molecule has 0 N–H and O–H groups in total. The number of nitrogens with zero attached hydrogens (tertiary/aromatic N) is 1. The highest BCUT2D eigenvalue weighted by atomic mass is 14.7. The maximum atomic E-state index is 4.61. The molecule has 18 heavy (non-hydrogen) atoms. The zero-order valence-electron chi connectivity index (χ0n) is 11.6. The fraction of sp³-hybridized carbons (Fsp3) is 0.353. The van der Waals surface area contributed by atoms with Gasteiger partial charge in [0.1, 0.15) is 0 Å². The van der Waals surface area contributed by atoms with Crippen molar-refractivity contribution in [1.29, 1.82) is 0 Å². The van der Waals surface area contributed by atoms with E-state index < -0.39 is 0 Å². The predicted molar refractivity (Wildman–Crippen MR) is 78.7 cm³/mol. The molecule has 0 amide bonds. The number of benzene rings is 2. The summed E-state index contributed by atoms with van der Waals surface area (Å²) in [5.41, 5.74) is 8.43. The first-order chi connectivity index (χ1) is 8.58. The van der Waals surface area contributed by atoms with Crippen LogP contribution in [0.3, 0.4) is 0 Å². The van der Waals surface area contributed by atoms with Gasteiger partial charge in [0.2, 0.25) is 0 Å². The lowest BCUT2D eigenvalue weighted by Gasteiger charge is -2.22. The van der Waals surface area contributed by atoms with Crippen molar-refractivity contribution in [2.75, 3.05) is 0 Å². The van der Waals surface area contributed by atoms with Crippen molar-refractivity contribution in [3.63, 3.8) is 0 Å². The van der Waals surface area contributed by atoms with Gasteiger partial charge in [-0.25, -0.2) is 0 Å². The molecule has 0 saturated carbocycles. The van der Waals surface area contributed by atoms with Crippen LogP contribution in [0.15, 0.2) is 23.2 Å². The Labute approximate surface area is 109 Å². The minimum Gasteiger partial charge on any atom is -0.289 e. The van der Waals surface area contributed by atoms with Crippen molar-refractivity contribution in [1.82, 2.24) is 0 Å². The van der Waals surface area contributed by atoms with Crippen molar-refractivity contribution in [2.24, 2.45) is 4.99 Å². The van der Waals surface area contributed by atoms with Gasteiger partial charge in [0.15, 0.2) is 0 Å². The van der Waals surface area contributed by atoms with Crippen LogP contribution in [0, 0.1) is 20.8 Å². The smallest absolute Gasteiger partial charge is 0.0644 e. The maximum Gasteiger partial charge on any atom is 0.0644 e. The highest BCUT2D eigenvalue weighted by Crippen LogP contribution is 2.33. The molecule has 0 unspecified atom stereocenters. The second-order valence-corrected chi connectivity index (χ2v) is 5.48. The van der Waals surface area contributed by atoms with Crippen molar-refractivity contribution >= 4 is 16.5 Å². The zero-order valence-corrected chi connectivity index (χ0v) is 11.6. The Bertz CT molecular complexity index is 678. The Morgan fingerprint density at radius 1 is 0.889 bits per heavy atom. The van der Waals surface area contributed by atoms with E-state index in [2.05, 4.69) is 50.9 Å². The third-order valence-electron chi connectivity index (χ3n) is 4.19. The molecule has 1 nitrogen and oxygen atoms in total. The highest BCUT2D eigenvalue weighted by molar-refractivity contribution is 5.94. The molecule has 1 heteroatoms. The van der Waals surface area contributed by atoms with Crippen LogP contribution in [0.4, 0.5) is 0 Å². The van der Waals surface area contributed by atoms with Gasteiger partial charge < -0.3 is 0 Å². The quantitative estimate of drug-likeness (QED) is 0.648. The summed E-state index contributed by atoms with van der Waals surface area (Å²) >= 11 is 0. The molecule has 0 aromatic heterocycles. The first kappa shape index (κ1) is 11.5. The molecular weight excluding hydrogens is 218 g/mol. The molecule has 0 fully saturated rings. The number of aliphatic imine (C=N–C) groups is 1. The fourth-order valence-corrected chi connectivity index (χ4v) is 3.05. The first-order valence-corrected chi connectivity index (χ1v) is 6.59. The van der Waals surface area contributed by atoms with Gasteiger partial charge in [-0.2, -0.15) is 0 Å². The second-order valence-electron chi connectivity index (χ2n) is 5.48. The highest BCUT2D eigenvalue weighted by Gasteiger charge is 2.17. The summed E-state index contributed by atoms with van der Waals surface area (Å²) < 4.78 is 0.